The maximum Gasteiger partial charge on any atom is 0.271 e. The molecule has 0 bridgehead atoms. The van der Waals surface area contributed by atoms with E-state index in [9.17, 15) is 19.3 Å². The van der Waals surface area contributed by atoms with Gasteiger partial charge in [0.05, 0.1) is 22.2 Å². The molecule has 29 heavy (non-hydrogen) atoms. The fraction of sp³-hybridized carbons (Fsp3) is 0.316. The second-order valence-electron chi connectivity index (χ2n) is 6.76. The predicted molar refractivity (Wildman–Crippen MR) is 110 cm³/mol. The molecule has 1 amide bonds. The first-order valence-corrected chi connectivity index (χ1v) is 9.70. The molecular formula is C19H19Cl2FN4O3. The summed E-state index contributed by atoms with van der Waals surface area (Å²) in [5.74, 6) is -0.652. The molecule has 0 aromatic heterocycles. The molecular weight excluding hydrogens is 422 g/mol. The van der Waals surface area contributed by atoms with Crippen LogP contribution < -0.4 is 5.32 Å². The van der Waals surface area contributed by atoms with Gasteiger partial charge in [-0.05, 0) is 23.8 Å². The van der Waals surface area contributed by atoms with Crippen molar-refractivity contribution in [2.45, 2.75) is 6.54 Å². The van der Waals surface area contributed by atoms with Crippen LogP contribution in [0.1, 0.15) is 5.56 Å². The van der Waals surface area contributed by atoms with Gasteiger partial charge in [0.2, 0.25) is 5.91 Å². The molecule has 3 rings (SSSR count). The Hall–Kier alpha value is -2.26. The molecule has 1 heterocycles. The number of carbonyl (C=O) groups excluding carboxylic acids is 1. The number of rotatable bonds is 6. The zero-order valence-corrected chi connectivity index (χ0v) is 16.9. The molecule has 1 aliphatic heterocycles. The number of non-ortho nitro benzene ring substituents is 1. The summed E-state index contributed by atoms with van der Waals surface area (Å²) in [4.78, 5) is 26.8. The second-order valence-corrected chi connectivity index (χ2v) is 7.57. The van der Waals surface area contributed by atoms with Gasteiger partial charge in [0.1, 0.15) is 5.82 Å². The molecule has 1 N–H and O–H groups in total. The number of nitrogens with one attached hydrogen (secondary N) is 1. The summed E-state index contributed by atoms with van der Waals surface area (Å²) < 4.78 is 13.2. The highest BCUT2D eigenvalue weighted by Gasteiger charge is 2.20. The van der Waals surface area contributed by atoms with Crippen molar-refractivity contribution < 1.29 is 14.1 Å². The van der Waals surface area contributed by atoms with Gasteiger partial charge in [0.25, 0.3) is 5.69 Å². The Kier molecular flexibility index (Phi) is 7.02. The van der Waals surface area contributed by atoms with E-state index in [-0.39, 0.29) is 34.7 Å². The smallest absolute Gasteiger partial charge is 0.271 e. The van der Waals surface area contributed by atoms with E-state index in [0.717, 1.165) is 18.7 Å². The van der Waals surface area contributed by atoms with Gasteiger partial charge >= 0.3 is 0 Å². The monoisotopic (exact) mass is 440 g/mol. The number of hydrogen-bond donors (Lipinski definition) is 1. The first kappa shape index (κ1) is 21.4. The van der Waals surface area contributed by atoms with E-state index in [2.05, 4.69) is 10.2 Å². The van der Waals surface area contributed by atoms with Crippen LogP contribution in [-0.4, -0.2) is 53.4 Å². The zero-order chi connectivity index (χ0) is 21.0. The Morgan fingerprint density at radius 3 is 2.41 bits per heavy atom. The average molecular weight is 441 g/mol. The van der Waals surface area contributed by atoms with Crippen molar-refractivity contribution in [2.75, 3.05) is 38.0 Å². The van der Waals surface area contributed by atoms with Gasteiger partial charge in [-0.3, -0.25) is 24.7 Å². The fourth-order valence-electron chi connectivity index (χ4n) is 3.11. The molecule has 0 atom stereocenters. The summed E-state index contributed by atoms with van der Waals surface area (Å²) in [6.07, 6.45) is 0. The molecule has 0 radical (unpaired) electrons. The number of anilines is 1. The van der Waals surface area contributed by atoms with Crippen molar-refractivity contribution in [3.05, 3.63) is 67.9 Å². The maximum atomic E-state index is 13.2. The number of nitro benzene ring substituents is 1. The molecule has 1 fully saturated rings. The van der Waals surface area contributed by atoms with Crippen LogP contribution >= 0.6 is 23.2 Å². The first-order chi connectivity index (χ1) is 13.8. The Labute approximate surface area is 177 Å². The third-order valence-corrected chi connectivity index (χ3v) is 5.36. The largest absolute Gasteiger partial charge is 0.323 e. The lowest BCUT2D eigenvalue weighted by Gasteiger charge is -2.34. The molecule has 154 valence electrons. The maximum absolute atomic E-state index is 13.2. The molecule has 0 unspecified atom stereocenters. The van der Waals surface area contributed by atoms with Crippen molar-refractivity contribution in [1.82, 2.24) is 9.80 Å². The first-order valence-electron chi connectivity index (χ1n) is 8.94. The standard InChI is InChI=1S/C19H19Cl2FN4O3/c20-16-4-3-15(26(28)29)10-18(16)23-19(27)12-25-7-5-24(6-8-25)11-13-1-2-14(22)9-17(13)21/h1-4,9-10H,5-8,11-12H2,(H,23,27). The van der Waals surface area contributed by atoms with Crippen LogP contribution in [0.15, 0.2) is 36.4 Å². The van der Waals surface area contributed by atoms with Crippen molar-refractivity contribution in [3.8, 4) is 0 Å². The van der Waals surface area contributed by atoms with E-state index in [0.29, 0.717) is 24.7 Å². The Morgan fingerprint density at radius 1 is 1.07 bits per heavy atom. The van der Waals surface area contributed by atoms with Gasteiger partial charge in [0.15, 0.2) is 0 Å². The molecule has 2 aromatic carbocycles. The third kappa shape index (κ3) is 5.86. The Morgan fingerprint density at radius 2 is 1.76 bits per heavy atom. The summed E-state index contributed by atoms with van der Waals surface area (Å²) in [6, 6.07) is 8.28. The van der Waals surface area contributed by atoms with E-state index in [1.165, 1.54) is 30.3 Å². The zero-order valence-electron chi connectivity index (χ0n) is 15.4. The molecule has 10 heteroatoms. The number of piperazine rings is 1. The Balaban J connectivity index is 1.50. The summed E-state index contributed by atoms with van der Waals surface area (Å²) in [5.41, 5.74) is 0.938. The lowest BCUT2D eigenvalue weighted by Crippen LogP contribution is -2.48. The van der Waals surface area contributed by atoms with Crippen molar-refractivity contribution >= 4 is 40.5 Å². The normalized spacial score (nSPS) is 15.3. The number of halogens is 3. The van der Waals surface area contributed by atoms with E-state index < -0.39 is 4.92 Å². The summed E-state index contributed by atoms with van der Waals surface area (Å²) >= 11 is 12.1. The van der Waals surface area contributed by atoms with Gasteiger partial charge in [-0.1, -0.05) is 29.3 Å². The minimum absolute atomic E-state index is 0.141. The highest BCUT2D eigenvalue weighted by molar-refractivity contribution is 6.33. The lowest BCUT2D eigenvalue weighted by atomic mass is 10.2. The van der Waals surface area contributed by atoms with E-state index >= 15 is 0 Å². The number of hydrogen-bond acceptors (Lipinski definition) is 5. The lowest BCUT2D eigenvalue weighted by molar-refractivity contribution is -0.384. The second kappa shape index (κ2) is 9.49. The number of carbonyl (C=O) groups is 1. The molecule has 7 nitrogen and oxygen atoms in total. The average Bonchev–Trinajstić information content (AvgIpc) is 2.67. The fourth-order valence-corrected chi connectivity index (χ4v) is 3.50. The van der Waals surface area contributed by atoms with Gasteiger partial charge in [-0.2, -0.15) is 0 Å². The van der Waals surface area contributed by atoms with Gasteiger partial charge in [-0.25, -0.2) is 4.39 Å². The number of nitrogens with zero attached hydrogens (tertiary/aromatic N) is 3. The minimum Gasteiger partial charge on any atom is -0.323 e. The van der Waals surface area contributed by atoms with Crippen LogP contribution in [0.4, 0.5) is 15.8 Å². The summed E-state index contributed by atoms with van der Waals surface area (Å²) in [5, 5.41) is 14.2. The predicted octanol–water partition coefficient (Wildman–Crippen LogP) is 3.80. The number of nitro groups is 1. The van der Waals surface area contributed by atoms with E-state index in [1.807, 2.05) is 4.90 Å². The van der Waals surface area contributed by atoms with Crippen molar-refractivity contribution in [1.29, 1.82) is 0 Å². The molecule has 0 aliphatic carbocycles. The van der Waals surface area contributed by atoms with Crippen LogP contribution in [0.25, 0.3) is 0 Å². The van der Waals surface area contributed by atoms with Crippen LogP contribution in [-0.2, 0) is 11.3 Å². The molecule has 2 aromatic rings. The van der Waals surface area contributed by atoms with Crippen LogP contribution in [0, 0.1) is 15.9 Å². The van der Waals surface area contributed by atoms with Gasteiger partial charge in [-0.15, -0.1) is 0 Å². The van der Waals surface area contributed by atoms with Crippen LogP contribution in [0.5, 0.6) is 0 Å². The van der Waals surface area contributed by atoms with E-state index in [1.54, 1.807) is 6.07 Å². The van der Waals surface area contributed by atoms with Crippen LogP contribution in [0.3, 0.4) is 0 Å². The Bertz CT molecular complexity index is 920. The van der Waals surface area contributed by atoms with E-state index in [4.69, 9.17) is 23.2 Å². The number of amides is 1. The molecule has 0 spiro atoms. The molecule has 1 aliphatic rings. The third-order valence-electron chi connectivity index (χ3n) is 4.68. The van der Waals surface area contributed by atoms with Crippen molar-refractivity contribution in [2.24, 2.45) is 0 Å². The summed E-state index contributed by atoms with van der Waals surface area (Å²) in [6.45, 7) is 3.59. The minimum atomic E-state index is -0.543. The van der Waals surface area contributed by atoms with Gasteiger partial charge in [0, 0.05) is 49.9 Å². The molecule has 0 saturated carbocycles. The SMILES string of the molecule is O=C(CN1CCN(Cc2ccc(F)cc2Cl)CC1)Nc1cc([N+](=O)[O-])ccc1Cl. The quantitative estimate of drug-likeness (QED) is 0.545. The van der Waals surface area contributed by atoms with Crippen molar-refractivity contribution in [3.63, 3.8) is 0 Å². The van der Waals surface area contributed by atoms with Gasteiger partial charge < -0.3 is 5.32 Å². The number of benzene rings is 2. The highest BCUT2D eigenvalue weighted by atomic mass is 35.5. The molecule has 1 saturated heterocycles. The van der Waals surface area contributed by atoms with Crippen LogP contribution in [0.2, 0.25) is 10.0 Å². The highest BCUT2D eigenvalue weighted by Crippen LogP contribution is 2.26. The summed E-state index contributed by atoms with van der Waals surface area (Å²) in [7, 11) is 0. The topological polar surface area (TPSA) is 78.7 Å².